The second kappa shape index (κ2) is 3.95. The van der Waals surface area contributed by atoms with Gasteiger partial charge in [0.25, 0.3) is 5.91 Å². The molecule has 0 aliphatic rings. The molecule has 1 amide bonds. The van der Waals surface area contributed by atoms with Crippen molar-refractivity contribution in [3.63, 3.8) is 0 Å². The van der Waals surface area contributed by atoms with Crippen LogP contribution in [-0.2, 0) is 0 Å². The monoisotopic (exact) mass is 195 g/mol. The Kier molecular flexibility index (Phi) is 2.92. The van der Waals surface area contributed by atoms with Crippen LogP contribution in [0.3, 0.4) is 0 Å². The Balaban J connectivity index is 2.93. The molecule has 0 aromatic carbocycles. The van der Waals surface area contributed by atoms with Gasteiger partial charge in [0.2, 0.25) is 0 Å². The van der Waals surface area contributed by atoms with Crippen LogP contribution in [0.2, 0.25) is 0 Å². The molecule has 0 aliphatic carbocycles. The van der Waals surface area contributed by atoms with Gasteiger partial charge in [0, 0.05) is 18.8 Å². The van der Waals surface area contributed by atoms with Crippen LogP contribution < -0.4 is 11.1 Å². The largest absolute Gasteiger partial charge is 0.389 e. The quantitative estimate of drug-likeness (QED) is 0.655. The van der Waals surface area contributed by atoms with Crippen LogP contribution in [0, 0.1) is 0 Å². The highest BCUT2D eigenvalue weighted by molar-refractivity contribution is 7.80. The minimum atomic E-state index is -0.227. The summed E-state index contributed by atoms with van der Waals surface area (Å²) in [6.07, 6.45) is 1.48. The van der Waals surface area contributed by atoms with Crippen LogP contribution >= 0.6 is 12.2 Å². The summed E-state index contributed by atoms with van der Waals surface area (Å²) in [6, 6.07) is 3.24. The molecule has 0 unspecified atom stereocenters. The average Bonchev–Trinajstić information content (AvgIpc) is 2.17. The van der Waals surface area contributed by atoms with Crippen molar-refractivity contribution in [1.29, 1.82) is 0 Å². The first kappa shape index (κ1) is 9.60. The van der Waals surface area contributed by atoms with Crippen molar-refractivity contribution in [3.8, 4) is 0 Å². The van der Waals surface area contributed by atoms with Crippen molar-refractivity contribution in [2.45, 2.75) is 0 Å². The summed E-state index contributed by atoms with van der Waals surface area (Å²) in [5.41, 5.74) is 6.37. The normalized spacial score (nSPS) is 9.31. The third-order valence-corrected chi connectivity index (χ3v) is 1.74. The molecule has 1 aromatic rings. The van der Waals surface area contributed by atoms with E-state index in [0.29, 0.717) is 11.3 Å². The van der Waals surface area contributed by atoms with Gasteiger partial charge < -0.3 is 11.1 Å². The highest BCUT2D eigenvalue weighted by Crippen LogP contribution is 1.99. The van der Waals surface area contributed by atoms with Gasteiger partial charge in [0.15, 0.2) is 0 Å². The summed E-state index contributed by atoms with van der Waals surface area (Å²) < 4.78 is 0. The molecular formula is C8H9N3OS. The smallest absolute Gasteiger partial charge is 0.269 e. The number of nitrogens with one attached hydrogen (secondary N) is 1. The zero-order valence-electron chi connectivity index (χ0n) is 7.07. The number of carbonyl (C=O) groups is 1. The van der Waals surface area contributed by atoms with Crippen LogP contribution in [0.4, 0.5) is 0 Å². The van der Waals surface area contributed by atoms with Crippen molar-refractivity contribution in [3.05, 3.63) is 29.6 Å². The van der Waals surface area contributed by atoms with E-state index in [1.54, 1.807) is 19.2 Å². The van der Waals surface area contributed by atoms with E-state index < -0.39 is 0 Å². The summed E-state index contributed by atoms with van der Waals surface area (Å²) >= 11 is 4.74. The Morgan fingerprint density at radius 1 is 1.62 bits per heavy atom. The Morgan fingerprint density at radius 2 is 2.31 bits per heavy atom. The second-order valence-corrected chi connectivity index (χ2v) is 2.82. The minimum Gasteiger partial charge on any atom is -0.389 e. The maximum absolute atomic E-state index is 11.1. The van der Waals surface area contributed by atoms with Gasteiger partial charge in [0.1, 0.15) is 10.7 Å². The SMILES string of the molecule is CNC(=O)c1ccc(C(N)=S)cn1. The van der Waals surface area contributed by atoms with Crippen LogP contribution in [0.15, 0.2) is 18.3 Å². The first-order valence-electron chi connectivity index (χ1n) is 3.63. The molecule has 0 atom stereocenters. The first-order valence-corrected chi connectivity index (χ1v) is 4.04. The number of hydrogen-bond donors (Lipinski definition) is 2. The molecule has 1 aromatic heterocycles. The van der Waals surface area contributed by atoms with E-state index in [-0.39, 0.29) is 10.9 Å². The summed E-state index contributed by atoms with van der Waals surface area (Å²) in [5, 5.41) is 2.46. The zero-order valence-corrected chi connectivity index (χ0v) is 7.89. The van der Waals surface area contributed by atoms with E-state index in [1.807, 2.05) is 0 Å². The van der Waals surface area contributed by atoms with Gasteiger partial charge in [-0.1, -0.05) is 12.2 Å². The van der Waals surface area contributed by atoms with E-state index >= 15 is 0 Å². The summed E-state index contributed by atoms with van der Waals surface area (Å²) in [4.78, 5) is 15.2. The maximum Gasteiger partial charge on any atom is 0.269 e. The Labute approximate surface area is 81.2 Å². The molecule has 3 N–H and O–H groups in total. The average molecular weight is 195 g/mol. The number of aromatic nitrogens is 1. The molecule has 0 radical (unpaired) electrons. The van der Waals surface area contributed by atoms with Crippen LogP contribution in [-0.4, -0.2) is 22.9 Å². The van der Waals surface area contributed by atoms with Gasteiger partial charge in [0.05, 0.1) is 0 Å². The van der Waals surface area contributed by atoms with Gasteiger partial charge in [-0.05, 0) is 12.1 Å². The van der Waals surface area contributed by atoms with Crippen LogP contribution in [0.5, 0.6) is 0 Å². The van der Waals surface area contributed by atoms with Gasteiger partial charge in [-0.2, -0.15) is 0 Å². The van der Waals surface area contributed by atoms with Crippen molar-refractivity contribution in [1.82, 2.24) is 10.3 Å². The third kappa shape index (κ3) is 2.22. The minimum absolute atomic E-state index is 0.227. The van der Waals surface area contributed by atoms with Crippen molar-refractivity contribution >= 4 is 23.1 Å². The molecule has 0 saturated heterocycles. The van der Waals surface area contributed by atoms with E-state index in [2.05, 4.69) is 10.3 Å². The lowest BCUT2D eigenvalue weighted by Crippen LogP contribution is -2.19. The van der Waals surface area contributed by atoms with Gasteiger partial charge in [-0.3, -0.25) is 9.78 Å². The molecule has 4 nitrogen and oxygen atoms in total. The lowest BCUT2D eigenvalue weighted by molar-refractivity contribution is 0.0958. The fraction of sp³-hybridized carbons (Fsp3) is 0.125. The van der Waals surface area contributed by atoms with Gasteiger partial charge in [-0.15, -0.1) is 0 Å². The highest BCUT2D eigenvalue weighted by Gasteiger charge is 2.04. The van der Waals surface area contributed by atoms with E-state index in [9.17, 15) is 4.79 Å². The third-order valence-electron chi connectivity index (χ3n) is 1.51. The number of amides is 1. The molecular weight excluding hydrogens is 186 g/mol. The zero-order chi connectivity index (χ0) is 9.84. The van der Waals surface area contributed by atoms with Crippen molar-refractivity contribution in [2.24, 2.45) is 5.73 Å². The predicted molar refractivity (Wildman–Crippen MR) is 53.5 cm³/mol. The Bertz CT molecular complexity index is 334. The Morgan fingerprint density at radius 3 is 2.69 bits per heavy atom. The number of nitrogens with zero attached hydrogens (tertiary/aromatic N) is 1. The van der Waals surface area contributed by atoms with Gasteiger partial charge in [-0.25, -0.2) is 0 Å². The van der Waals surface area contributed by atoms with E-state index in [1.165, 1.54) is 6.20 Å². The molecule has 1 rings (SSSR count). The molecule has 68 valence electrons. The topological polar surface area (TPSA) is 68.0 Å². The molecule has 13 heavy (non-hydrogen) atoms. The van der Waals surface area contributed by atoms with Crippen LogP contribution in [0.1, 0.15) is 16.1 Å². The predicted octanol–water partition coefficient (Wildman–Crippen LogP) is 0.0754. The highest BCUT2D eigenvalue weighted by atomic mass is 32.1. The van der Waals surface area contributed by atoms with Crippen molar-refractivity contribution < 1.29 is 4.79 Å². The molecule has 5 heteroatoms. The summed E-state index contributed by atoms with van der Waals surface area (Å²) in [5.74, 6) is -0.227. The molecule has 0 aliphatic heterocycles. The number of rotatable bonds is 2. The molecule has 1 heterocycles. The fourth-order valence-corrected chi connectivity index (χ4v) is 0.923. The molecule has 0 spiro atoms. The van der Waals surface area contributed by atoms with E-state index in [0.717, 1.165) is 0 Å². The second-order valence-electron chi connectivity index (χ2n) is 2.38. The Hall–Kier alpha value is -1.49. The van der Waals surface area contributed by atoms with Gasteiger partial charge >= 0.3 is 0 Å². The summed E-state index contributed by atoms with van der Waals surface area (Å²) in [6.45, 7) is 0. The maximum atomic E-state index is 11.1. The first-order chi connectivity index (χ1) is 6.15. The van der Waals surface area contributed by atoms with Crippen molar-refractivity contribution in [2.75, 3.05) is 7.05 Å². The number of thiocarbonyl (C=S) groups is 1. The standard InChI is InChI=1S/C8H9N3OS/c1-10-8(12)6-3-2-5(4-11-6)7(9)13/h2-4H,1H3,(H2,9,13)(H,10,12). The summed E-state index contributed by atoms with van der Waals surface area (Å²) in [7, 11) is 1.55. The molecule has 0 fully saturated rings. The number of pyridine rings is 1. The number of hydrogen-bond acceptors (Lipinski definition) is 3. The fourth-order valence-electron chi connectivity index (χ4n) is 0.802. The molecule has 0 bridgehead atoms. The lowest BCUT2D eigenvalue weighted by Gasteiger charge is -2.00. The molecule has 0 saturated carbocycles. The number of carbonyl (C=O) groups excluding carboxylic acids is 1. The van der Waals surface area contributed by atoms with Crippen LogP contribution in [0.25, 0.3) is 0 Å². The van der Waals surface area contributed by atoms with E-state index in [4.69, 9.17) is 18.0 Å². The lowest BCUT2D eigenvalue weighted by atomic mass is 10.2. The number of nitrogens with two attached hydrogens (primary N) is 1.